The zero-order chi connectivity index (χ0) is 21.9. The average Bonchev–Trinajstić information content (AvgIpc) is 3.23. The Balaban J connectivity index is 1.70. The lowest BCUT2D eigenvalue weighted by molar-refractivity contribution is -0.116. The molecule has 1 aliphatic heterocycles. The zero-order valence-corrected chi connectivity index (χ0v) is 18.4. The van der Waals surface area contributed by atoms with Gasteiger partial charge in [0.05, 0.1) is 16.3 Å². The third-order valence-electron chi connectivity index (χ3n) is 4.76. The molecule has 0 aliphatic carbocycles. The van der Waals surface area contributed by atoms with Gasteiger partial charge in [-0.15, -0.1) is 0 Å². The third kappa shape index (κ3) is 4.86. The smallest absolute Gasteiger partial charge is 0.243 e. The molecule has 9 nitrogen and oxygen atoms in total. The van der Waals surface area contributed by atoms with Gasteiger partial charge >= 0.3 is 0 Å². The van der Waals surface area contributed by atoms with Crippen molar-refractivity contribution in [3.8, 4) is 0 Å². The summed E-state index contributed by atoms with van der Waals surface area (Å²) in [6.45, 7) is 2.30. The predicted octanol–water partition coefficient (Wildman–Crippen LogP) is 1.43. The highest BCUT2D eigenvalue weighted by Crippen LogP contribution is 2.23. The normalized spacial score (nSPS) is 15.4. The predicted molar refractivity (Wildman–Crippen MR) is 112 cm³/mol. The summed E-state index contributed by atoms with van der Waals surface area (Å²) in [5, 5.41) is 2.56. The molecule has 3 rings (SSSR count). The van der Waals surface area contributed by atoms with Crippen molar-refractivity contribution in [2.75, 3.05) is 32.0 Å². The fourth-order valence-corrected chi connectivity index (χ4v) is 5.77. The summed E-state index contributed by atoms with van der Waals surface area (Å²) in [5.41, 5.74) is 0.720. The first-order valence-electron chi connectivity index (χ1n) is 9.41. The number of carbonyl (C=O) groups excluding carboxylic acids is 1. The van der Waals surface area contributed by atoms with E-state index in [9.17, 15) is 21.6 Å². The minimum absolute atomic E-state index is 0.0502. The first-order chi connectivity index (χ1) is 14.1. The number of amides is 1. The molecule has 0 atom stereocenters. The van der Waals surface area contributed by atoms with Crippen LogP contribution in [-0.4, -0.2) is 63.0 Å². The van der Waals surface area contributed by atoms with Gasteiger partial charge in [-0.3, -0.25) is 4.79 Å². The topological polar surface area (TPSA) is 117 Å². The quantitative estimate of drug-likeness (QED) is 0.679. The Labute approximate surface area is 176 Å². The molecule has 1 fully saturated rings. The second-order valence-corrected chi connectivity index (χ2v) is 11.0. The number of rotatable bonds is 7. The Hall–Kier alpha value is -2.34. The molecule has 2 aromatic rings. The lowest BCUT2D eigenvalue weighted by Gasteiger charge is -2.18. The first-order valence-corrected chi connectivity index (χ1v) is 12.3. The van der Waals surface area contributed by atoms with Crippen LogP contribution >= 0.6 is 0 Å². The van der Waals surface area contributed by atoms with Crippen LogP contribution in [0.15, 0.2) is 52.3 Å². The van der Waals surface area contributed by atoms with E-state index in [0.717, 1.165) is 22.8 Å². The molecule has 0 radical (unpaired) electrons. The number of nitrogens with one attached hydrogen (secondary N) is 1. The number of aryl methyl sites for hydroxylation is 1. The number of carbonyl (C=O) groups is 1. The molecular formula is C19H24N4O5S2. The summed E-state index contributed by atoms with van der Waals surface area (Å²) in [4.78, 5) is 16.3. The molecule has 1 aromatic heterocycles. The van der Waals surface area contributed by atoms with E-state index in [2.05, 4.69) is 10.3 Å². The number of aromatic nitrogens is 1. The summed E-state index contributed by atoms with van der Waals surface area (Å²) in [7, 11) is -6.31. The van der Waals surface area contributed by atoms with Gasteiger partial charge in [0.25, 0.3) is 0 Å². The number of sulfonamides is 2. The van der Waals surface area contributed by atoms with E-state index in [4.69, 9.17) is 0 Å². The van der Waals surface area contributed by atoms with E-state index in [1.807, 2.05) is 0 Å². The molecule has 0 saturated carbocycles. The van der Waals surface area contributed by atoms with Crippen molar-refractivity contribution in [3.05, 3.63) is 48.2 Å². The van der Waals surface area contributed by atoms with E-state index in [0.29, 0.717) is 18.9 Å². The van der Waals surface area contributed by atoms with Crippen LogP contribution in [0.5, 0.6) is 0 Å². The molecule has 1 aliphatic rings. The van der Waals surface area contributed by atoms with Crippen molar-refractivity contribution in [1.29, 1.82) is 0 Å². The van der Waals surface area contributed by atoms with Gasteiger partial charge in [0.15, 0.2) is 0 Å². The van der Waals surface area contributed by atoms with Crippen molar-refractivity contribution in [2.24, 2.45) is 0 Å². The van der Waals surface area contributed by atoms with Crippen molar-refractivity contribution in [1.82, 2.24) is 13.6 Å². The Kier molecular flexibility index (Phi) is 6.56. The Morgan fingerprint density at radius 1 is 1.03 bits per heavy atom. The maximum atomic E-state index is 12.8. The van der Waals surface area contributed by atoms with E-state index in [-0.39, 0.29) is 9.79 Å². The minimum Gasteiger partial charge on any atom is -0.310 e. The largest absolute Gasteiger partial charge is 0.310 e. The molecule has 1 N–H and O–H groups in total. The molecule has 162 valence electrons. The monoisotopic (exact) mass is 452 g/mol. The highest BCUT2D eigenvalue weighted by molar-refractivity contribution is 7.89. The molecule has 1 saturated heterocycles. The second kappa shape index (κ2) is 8.80. The first kappa shape index (κ1) is 22.3. The second-order valence-electron chi connectivity index (χ2n) is 7.06. The van der Waals surface area contributed by atoms with Crippen molar-refractivity contribution < 1.29 is 21.6 Å². The van der Waals surface area contributed by atoms with Gasteiger partial charge in [0, 0.05) is 25.8 Å². The van der Waals surface area contributed by atoms with Gasteiger partial charge in [-0.25, -0.2) is 21.8 Å². The number of hydrogen-bond acceptors (Lipinski definition) is 6. The standard InChI is InChI=1S/C19H24N4O5S2/c1-15-6-5-7-18(20-15)21-19(24)14-22(2)29(25,26)16-8-10-17(11-9-16)30(27,28)23-12-3-4-13-23/h5-11H,3-4,12-14H2,1-2H3,(H,20,21,24). The van der Waals surface area contributed by atoms with Crippen LogP contribution in [0, 0.1) is 6.92 Å². The fourth-order valence-electron chi connectivity index (χ4n) is 3.12. The molecule has 11 heteroatoms. The lowest BCUT2D eigenvalue weighted by atomic mass is 10.4. The summed E-state index contributed by atoms with van der Waals surface area (Å²) in [5.74, 6) is -0.199. The average molecular weight is 453 g/mol. The molecule has 1 aromatic carbocycles. The maximum Gasteiger partial charge on any atom is 0.243 e. The number of hydrogen-bond donors (Lipinski definition) is 1. The van der Waals surface area contributed by atoms with Gasteiger partial charge in [-0.2, -0.15) is 8.61 Å². The van der Waals surface area contributed by atoms with Gasteiger partial charge in [-0.1, -0.05) is 6.07 Å². The summed E-state index contributed by atoms with van der Waals surface area (Å²) in [6.07, 6.45) is 1.63. The van der Waals surface area contributed by atoms with Gasteiger partial charge in [0.2, 0.25) is 26.0 Å². The van der Waals surface area contributed by atoms with Gasteiger partial charge in [-0.05, 0) is 56.2 Å². The summed E-state index contributed by atoms with van der Waals surface area (Å²) < 4.78 is 53.0. The van der Waals surface area contributed by atoms with Crippen molar-refractivity contribution in [2.45, 2.75) is 29.6 Å². The molecule has 0 unspecified atom stereocenters. The van der Waals surface area contributed by atoms with Crippen LogP contribution in [0.2, 0.25) is 0 Å². The zero-order valence-electron chi connectivity index (χ0n) is 16.8. The van der Waals surface area contributed by atoms with Crippen LogP contribution in [0.4, 0.5) is 5.82 Å². The Bertz CT molecular complexity index is 1130. The third-order valence-corrected chi connectivity index (χ3v) is 8.49. The Morgan fingerprint density at radius 3 is 2.23 bits per heavy atom. The maximum absolute atomic E-state index is 12.8. The minimum atomic E-state index is -3.97. The lowest BCUT2D eigenvalue weighted by Crippen LogP contribution is -2.35. The van der Waals surface area contributed by atoms with Crippen molar-refractivity contribution in [3.63, 3.8) is 0 Å². The highest BCUT2D eigenvalue weighted by atomic mass is 32.2. The molecular weight excluding hydrogens is 428 g/mol. The molecule has 0 spiro atoms. The van der Waals surface area contributed by atoms with Crippen LogP contribution in [0.3, 0.4) is 0 Å². The van der Waals surface area contributed by atoms with Gasteiger partial charge in [0.1, 0.15) is 5.82 Å². The molecule has 2 heterocycles. The number of benzene rings is 1. The SMILES string of the molecule is Cc1cccc(NC(=O)CN(C)S(=O)(=O)c2ccc(S(=O)(=O)N3CCCC3)cc2)n1. The fraction of sp³-hybridized carbons (Fsp3) is 0.368. The number of anilines is 1. The molecule has 0 bridgehead atoms. The number of nitrogens with zero attached hydrogens (tertiary/aromatic N) is 3. The Morgan fingerprint density at radius 2 is 1.63 bits per heavy atom. The van der Waals surface area contributed by atoms with Gasteiger partial charge < -0.3 is 5.32 Å². The van der Waals surface area contributed by atoms with Crippen molar-refractivity contribution >= 4 is 31.8 Å². The van der Waals surface area contributed by atoms with E-state index < -0.39 is 32.5 Å². The number of pyridine rings is 1. The molecule has 30 heavy (non-hydrogen) atoms. The van der Waals surface area contributed by atoms with Crippen LogP contribution < -0.4 is 5.32 Å². The van der Waals surface area contributed by atoms with Crippen LogP contribution in [-0.2, 0) is 24.8 Å². The molecule has 1 amide bonds. The van der Waals surface area contributed by atoms with E-state index in [1.165, 1.54) is 35.6 Å². The number of likely N-dealkylation sites (N-methyl/N-ethyl adjacent to an activating group) is 1. The van der Waals surface area contributed by atoms with E-state index >= 15 is 0 Å². The summed E-state index contributed by atoms with van der Waals surface area (Å²) >= 11 is 0. The van der Waals surface area contributed by atoms with E-state index in [1.54, 1.807) is 25.1 Å². The van der Waals surface area contributed by atoms with Crippen LogP contribution in [0.1, 0.15) is 18.5 Å². The highest BCUT2D eigenvalue weighted by Gasteiger charge is 2.28. The van der Waals surface area contributed by atoms with Crippen LogP contribution in [0.25, 0.3) is 0 Å². The summed E-state index contributed by atoms with van der Waals surface area (Å²) in [6, 6.07) is 10.2.